The molecule has 1 atom stereocenters. The molecule has 1 aliphatic rings. The first kappa shape index (κ1) is 15.5. The summed E-state index contributed by atoms with van der Waals surface area (Å²) in [5.74, 6) is 0.418. The average molecular weight is 372 g/mol. The van der Waals surface area contributed by atoms with Gasteiger partial charge in [0.2, 0.25) is 5.88 Å². The lowest BCUT2D eigenvalue weighted by Gasteiger charge is -2.17. The lowest BCUT2D eigenvalue weighted by molar-refractivity contribution is 0.0771. The lowest BCUT2D eigenvalue weighted by atomic mass is 10.2. The van der Waals surface area contributed by atoms with Crippen molar-refractivity contribution in [3.63, 3.8) is 0 Å². The van der Waals surface area contributed by atoms with Gasteiger partial charge in [-0.05, 0) is 24.3 Å². The Hall–Kier alpha value is -2.39. The highest BCUT2D eigenvalue weighted by atomic mass is 79.9. The third-order valence-electron chi connectivity index (χ3n) is 3.66. The summed E-state index contributed by atoms with van der Waals surface area (Å²) in [5.41, 5.74) is 1.17. The van der Waals surface area contributed by atoms with Gasteiger partial charge < -0.3 is 9.64 Å². The molecule has 2 heterocycles. The van der Waals surface area contributed by atoms with Crippen LogP contribution in [-0.2, 0) is 0 Å². The largest absolute Gasteiger partial charge is 0.472 e. The van der Waals surface area contributed by atoms with Crippen LogP contribution in [0.25, 0.3) is 0 Å². The van der Waals surface area contributed by atoms with Crippen LogP contribution in [0.15, 0.2) is 47.1 Å². The molecule has 1 aliphatic heterocycles. The van der Waals surface area contributed by atoms with Crippen molar-refractivity contribution in [3.05, 3.63) is 58.2 Å². The quantitative estimate of drug-likeness (QED) is 0.831. The third kappa shape index (κ3) is 3.69. The molecule has 1 aromatic heterocycles. The zero-order valence-corrected chi connectivity index (χ0v) is 13.9. The zero-order chi connectivity index (χ0) is 16.2. The summed E-state index contributed by atoms with van der Waals surface area (Å²) in [6.45, 7) is 1.16. The molecule has 0 spiro atoms. The van der Waals surface area contributed by atoms with Crippen LogP contribution in [0.2, 0.25) is 0 Å². The summed E-state index contributed by atoms with van der Waals surface area (Å²) >= 11 is 3.38. The van der Waals surface area contributed by atoms with Gasteiger partial charge in [-0.1, -0.05) is 22.0 Å². The summed E-state index contributed by atoms with van der Waals surface area (Å²) in [6.07, 6.45) is 2.19. The monoisotopic (exact) mass is 371 g/mol. The Morgan fingerprint density at radius 3 is 3.04 bits per heavy atom. The van der Waals surface area contributed by atoms with Crippen LogP contribution in [-0.4, -0.2) is 35.0 Å². The van der Waals surface area contributed by atoms with Crippen molar-refractivity contribution in [1.82, 2.24) is 9.88 Å². The normalized spacial score (nSPS) is 16.9. The molecule has 1 aromatic carbocycles. The Balaban J connectivity index is 1.64. The molecule has 5 nitrogen and oxygen atoms in total. The standard InChI is InChI=1S/C17H14BrN3O2/c18-14-3-1-2-13(9-14)17(22)21-7-5-15(11-21)23-16-8-12(10-19)4-6-20-16/h1-4,6,8-9,15H,5,7,11H2. The molecule has 1 saturated heterocycles. The molecule has 3 rings (SSSR count). The first-order valence-electron chi connectivity index (χ1n) is 7.23. The molecule has 0 aliphatic carbocycles. The van der Waals surface area contributed by atoms with E-state index >= 15 is 0 Å². The van der Waals surface area contributed by atoms with Crippen molar-refractivity contribution < 1.29 is 9.53 Å². The lowest BCUT2D eigenvalue weighted by Crippen LogP contribution is -2.31. The van der Waals surface area contributed by atoms with Crippen molar-refractivity contribution in [1.29, 1.82) is 5.26 Å². The van der Waals surface area contributed by atoms with Gasteiger partial charge in [-0.2, -0.15) is 5.26 Å². The van der Waals surface area contributed by atoms with Gasteiger partial charge in [0.1, 0.15) is 6.10 Å². The topological polar surface area (TPSA) is 66.2 Å². The van der Waals surface area contributed by atoms with Crippen LogP contribution < -0.4 is 4.74 Å². The van der Waals surface area contributed by atoms with E-state index in [0.29, 0.717) is 30.1 Å². The fourth-order valence-electron chi connectivity index (χ4n) is 2.53. The van der Waals surface area contributed by atoms with Gasteiger partial charge in [0.05, 0.1) is 18.2 Å². The number of benzene rings is 1. The Bertz CT molecular complexity index is 772. The minimum atomic E-state index is -0.104. The Morgan fingerprint density at radius 1 is 1.39 bits per heavy atom. The number of rotatable bonds is 3. The molecule has 6 heteroatoms. The number of hydrogen-bond donors (Lipinski definition) is 0. The number of pyridine rings is 1. The molecule has 1 unspecified atom stereocenters. The summed E-state index contributed by atoms with van der Waals surface area (Å²) in [6, 6.07) is 12.7. The highest BCUT2D eigenvalue weighted by Gasteiger charge is 2.28. The van der Waals surface area contributed by atoms with E-state index in [-0.39, 0.29) is 12.0 Å². The molecule has 23 heavy (non-hydrogen) atoms. The van der Waals surface area contributed by atoms with Crippen molar-refractivity contribution in [2.45, 2.75) is 12.5 Å². The molecule has 1 amide bonds. The second-order valence-corrected chi connectivity index (χ2v) is 6.20. The number of hydrogen-bond acceptors (Lipinski definition) is 4. The van der Waals surface area contributed by atoms with E-state index in [4.69, 9.17) is 10.00 Å². The van der Waals surface area contributed by atoms with E-state index in [1.54, 1.807) is 29.3 Å². The van der Waals surface area contributed by atoms with Crippen LogP contribution >= 0.6 is 15.9 Å². The minimum Gasteiger partial charge on any atom is -0.472 e. The average Bonchev–Trinajstić information content (AvgIpc) is 3.03. The number of ether oxygens (including phenoxy) is 1. The highest BCUT2D eigenvalue weighted by Crippen LogP contribution is 2.20. The fourth-order valence-corrected chi connectivity index (χ4v) is 2.93. The van der Waals surface area contributed by atoms with Gasteiger partial charge in [0, 0.05) is 35.3 Å². The fraction of sp³-hybridized carbons (Fsp3) is 0.235. The summed E-state index contributed by atoms with van der Waals surface area (Å²) in [4.78, 5) is 18.4. The number of nitrogens with zero attached hydrogens (tertiary/aromatic N) is 3. The molecular formula is C17H14BrN3O2. The summed E-state index contributed by atoms with van der Waals surface area (Å²) < 4.78 is 6.67. The van der Waals surface area contributed by atoms with Crippen LogP contribution in [0.3, 0.4) is 0 Å². The van der Waals surface area contributed by atoms with Gasteiger partial charge >= 0.3 is 0 Å². The number of amides is 1. The first-order chi connectivity index (χ1) is 11.2. The predicted octanol–water partition coefficient (Wildman–Crippen LogP) is 3.01. The Kier molecular flexibility index (Phi) is 4.58. The number of aromatic nitrogens is 1. The maximum Gasteiger partial charge on any atom is 0.254 e. The van der Waals surface area contributed by atoms with Crippen molar-refractivity contribution in [3.8, 4) is 11.9 Å². The smallest absolute Gasteiger partial charge is 0.254 e. The molecule has 2 aromatic rings. The van der Waals surface area contributed by atoms with Crippen LogP contribution in [0.5, 0.6) is 5.88 Å². The van der Waals surface area contributed by atoms with E-state index < -0.39 is 0 Å². The molecule has 0 saturated carbocycles. The second-order valence-electron chi connectivity index (χ2n) is 5.28. The number of carbonyl (C=O) groups excluding carboxylic acids is 1. The van der Waals surface area contributed by atoms with Crippen molar-refractivity contribution in [2.75, 3.05) is 13.1 Å². The van der Waals surface area contributed by atoms with E-state index in [1.165, 1.54) is 0 Å². The summed E-state index contributed by atoms with van der Waals surface area (Å²) in [7, 11) is 0. The molecule has 116 valence electrons. The van der Waals surface area contributed by atoms with Gasteiger partial charge in [-0.15, -0.1) is 0 Å². The van der Waals surface area contributed by atoms with Crippen LogP contribution in [0.4, 0.5) is 0 Å². The predicted molar refractivity (Wildman–Crippen MR) is 88.0 cm³/mol. The van der Waals surface area contributed by atoms with Crippen molar-refractivity contribution >= 4 is 21.8 Å². The molecule has 0 N–H and O–H groups in total. The van der Waals surface area contributed by atoms with Crippen LogP contribution in [0, 0.1) is 11.3 Å². The van der Waals surface area contributed by atoms with Gasteiger partial charge in [-0.3, -0.25) is 4.79 Å². The van der Waals surface area contributed by atoms with Gasteiger partial charge in [0.15, 0.2) is 0 Å². The van der Waals surface area contributed by atoms with E-state index in [0.717, 1.165) is 10.9 Å². The number of nitriles is 1. The van der Waals surface area contributed by atoms with Crippen molar-refractivity contribution in [2.24, 2.45) is 0 Å². The van der Waals surface area contributed by atoms with E-state index in [2.05, 4.69) is 27.0 Å². The molecule has 0 radical (unpaired) electrons. The van der Waals surface area contributed by atoms with Crippen LogP contribution in [0.1, 0.15) is 22.3 Å². The maximum absolute atomic E-state index is 12.5. The number of carbonyl (C=O) groups is 1. The van der Waals surface area contributed by atoms with E-state index in [1.807, 2.05) is 18.2 Å². The Morgan fingerprint density at radius 2 is 2.26 bits per heavy atom. The molecular weight excluding hydrogens is 358 g/mol. The molecule has 0 bridgehead atoms. The van der Waals surface area contributed by atoms with Gasteiger partial charge in [-0.25, -0.2) is 4.98 Å². The first-order valence-corrected chi connectivity index (χ1v) is 8.02. The second kappa shape index (κ2) is 6.80. The maximum atomic E-state index is 12.5. The highest BCUT2D eigenvalue weighted by molar-refractivity contribution is 9.10. The SMILES string of the molecule is N#Cc1ccnc(OC2CCN(C(=O)c3cccc(Br)c3)C2)c1. The zero-order valence-electron chi connectivity index (χ0n) is 12.3. The third-order valence-corrected chi connectivity index (χ3v) is 4.15. The number of likely N-dealkylation sites (tertiary alicyclic amines) is 1. The van der Waals surface area contributed by atoms with Gasteiger partial charge in [0.25, 0.3) is 5.91 Å². The summed E-state index contributed by atoms with van der Waals surface area (Å²) in [5, 5.41) is 8.90. The molecule has 1 fully saturated rings. The Labute approximate surface area is 142 Å². The van der Waals surface area contributed by atoms with E-state index in [9.17, 15) is 4.79 Å². The number of halogens is 1. The minimum absolute atomic E-state index is 0.00358.